The van der Waals surface area contributed by atoms with E-state index in [1.54, 1.807) is 0 Å². The molecule has 1 aromatic heterocycles. The smallest absolute Gasteiger partial charge is 0.323 e. The van der Waals surface area contributed by atoms with Crippen molar-refractivity contribution in [1.82, 2.24) is 15.0 Å². The lowest BCUT2D eigenvalue weighted by atomic mass is 10.1. The van der Waals surface area contributed by atoms with Crippen LogP contribution in [0, 0.1) is 0 Å². The van der Waals surface area contributed by atoms with E-state index in [1.807, 2.05) is 13.8 Å². The van der Waals surface area contributed by atoms with Gasteiger partial charge in [0.2, 0.25) is 11.9 Å². The SMILES string of the molecule is CCC(C)(C)Oc1nc(N)nc(N2CCCC2)n1. The van der Waals surface area contributed by atoms with Crippen molar-refractivity contribution in [3.8, 4) is 6.01 Å². The summed E-state index contributed by atoms with van der Waals surface area (Å²) < 4.78 is 5.76. The standard InChI is InChI=1S/C12H21N5O/c1-4-12(2,3)18-11-15-9(13)14-10(16-11)17-7-5-6-8-17/h4-8H2,1-3H3,(H2,13,14,15,16). The molecule has 0 aromatic carbocycles. The van der Waals surface area contributed by atoms with Crippen LogP contribution in [-0.4, -0.2) is 33.6 Å². The highest BCUT2D eigenvalue weighted by Gasteiger charge is 2.21. The Bertz CT molecular complexity index is 415. The third-order valence-electron chi connectivity index (χ3n) is 3.23. The summed E-state index contributed by atoms with van der Waals surface area (Å²) in [6, 6.07) is 0.316. The van der Waals surface area contributed by atoms with Gasteiger partial charge in [-0.2, -0.15) is 15.0 Å². The minimum absolute atomic E-state index is 0.216. The molecule has 6 heteroatoms. The first kappa shape index (κ1) is 12.9. The van der Waals surface area contributed by atoms with Crippen molar-refractivity contribution >= 4 is 11.9 Å². The molecule has 1 aliphatic rings. The number of rotatable bonds is 4. The summed E-state index contributed by atoms with van der Waals surface area (Å²) in [6.07, 6.45) is 3.21. The lowest BCUT2D eigenvalue weighted by molar-refractivity contribution is 0.0925. The molecule has 0 saturated carbocycles. The van der Waals surface area contributed by atoms with Crippen LogP contribution in [0.3, 0.4) is 0 Å². The van der Waals surface area contributed by atoms with Crippen LogP contribution in [-0.2, 0) is 0 Å². The second-order valence-electron chi connectivity index (χ2n) is 5.19. The minimum Gasteiger partial charge on any atom is -0.457 e. The van der Waals surface area contributed by atoms with Crippen molar-refractivity contribution < 1.29 is 4.74 Å². The summed E-state index contributed by atoms with van der Waals surface area (Å²) in [5.74, 6) is 0.843. The van der Waals surface area contributed by atoms with Crippen LogP contribution in [0.1, 0.15) is 40.0 Å². The van der Waals surface area contributed by atoms with Crippen molar-refractivity contribution in [2.45, 2.75) is 45.6 Å². The van der Waals surface area contributed by atoms with Gasteiger partial charge in [0.1, 0.15) is 5.60 Å². The molecule has 18 heavy (non-hydrogen) atoms. The van der Waals surface area contributed by atoms with Gasteiger partial charge in [-0.05, 0) is 33.1 Å². The third kappa shape index (κ3) is 3.00. The van der Waals surface area contributed by atoms with Crippen molar-refractivity contribution in [2.75, 3.05) is 23.7 Å². The second-order valence-corrected chi connectivity index (χ2v) is 5.19. The Morgan fingerprint density at radius 3 is 2.50 bits per heavy atom. The molecule has 1 fully saturated rings. The van der Waals surface area contributed by atoms with Gasteiger partial charge in [-0.15, -0.1) is 0 Å². The minimum atomic E-state index is -0.296. The van der Waals surface area contributed by atoms with Gasteiger partial charge in [-0.3, -0.25) is 0 Å². The molecule has 0 atom stereocenters. The van der Waals surface area contributed by atoms with Gasteiger partial charge in [0.25, 0.3) is 0 Å². The second kappa shape index (κ2) is 4.96. The highest BCUT2D eigenvalue weighted by Crippen LogP contribution is 2.22. The van der Waals surface area contributed by atoms with E-state index >= 15 is 0 Å². The first-order chi connectivity index (χ1) is 8.50. The number of hydrogen-bond acceptors (Lipinski definition) is 6. The molecule has 1 aromatic rings. The molecule has 2 N–H and O–H groups in total. The molecule has 100 valence electrons. The first-order valence-electron chi connectivity index (χ1n) is 6.46. The van der Waals surface area contributed by atoms with Crippen LogP contribution >= 0.6 is 0 Å². The van der Waals surface area contributed by atoms with Crippen molar-refractivity contribution in [2.24, 2.45) is 0 Å². The van der Waals surface area contributed by atoms with E-state index in [-0.39, 0.29) is 11.5 Å². The van der Waals surface area contributed by atoms with Crippen molar-refractivity contribution in [1.29, 1.82) is 0 Å². The number of nitrogens with two attached hydrogens (primary N) is 1. The van der Waals surface area contributed by atoms with Gasteiger partial charge in [-0.1, -0.05) is 6.92 Å². The highest BCUT2D eigenvalue weighted by molar-refractivity contribution is 5.36. The zero-order chi connectivity index (χ0) is 13.2. The molecule has 0 aliphatic carbocycles. The lowest BCUT2D eigenvalue weighted by Crippen LogP contribution is -2.29. The maximum absolute atomic E-state index is 5.76. The molecular formula is C12H21N5O. The van der Waals surface area contributed by atoms with E-state index in [0.717, 1.165) is 19.5 Å². The van der Waals surface area contributed by atoms with Gasteiger partial charge >= 0.3 is 6.01 Å². The molecule has 2 heterocycles. The van der Waals surface area contributed by atoms with Gasteiger partial charge in [-0.25, -0.2) is 0 Å². The van der Waals surface area contributed by atoms with Crippen LogP contribution < -0.4 is 15.4 Å². The summed E-state index contributed by atoms with van der Waals surface area (Å²) in [5, 5.41) is 0. The van der Waals surface area contributed by atoms with E-state index in [9.17, 15) is 0 Å². The largest absolute Gasteiger partial charge is 0.457 e. The Labute approximate surface area is 108 Å². The molecule has 0 spiro atoms. The zero-order valence-electron chi connectivity index (χ0n) is 11.3. The molecule has 0 radical (unpaired) electrons. The normalized spacial score (nSPS) is 16.1. The molecule has 1 aliphatic heterocycles. The van der Waals surface area contributed by atoms with Crippen LogP contribution in [0.25, 0.3) is 0 Å². The first-order valence-corrected chi connectivity index (χ1v) is 6.46. The molecule has 0 bridgehead atoms. The Morgan fingerprint density at radius 1 is 1.22 bits per heavy atom. The van der Waals surface area contributed by atoms with E-state index in [0.29, 0.717) is 12.0 Å². The van der Waals surface area contributed by atoms with E-state index < -0.39 is 0 Å². The van der Waals surface area contributed by atoms with Gasteiger partial charge in [0.05, 0.1) is 0 Å². The molecule has 0 unspecified atom stereocenters. The molecular weight excluding hydrogens is 230 g/mol. The fourth-order valence-corrected chi connectivity index (χ4v) is 1.78. The van der Waals surface area contributed by atoms with E-state index in [2.05, 4.69) is 26.8 Å². The number of hydrogen-bond donors (Lipinski definition) is 1. The average molecular weight is 251 g/mol. The Kier molecular flexibility index (Phi) is 3.54. The summed E-state index contributed by atoms with van der Waals surface area (Å²) in [6.45, 7) is 8.01. The Hall–Kier alpha value is -1.59. The maximum Gasteiger partial charge on any atom is 0.323 e. The van der Waals surface area contributed by atoms with E-state index in [1.165, 1.54) is 12.8 Å². The predicted molar refractivity (Wildman–Crippen MR) is 70.7 cm³/mol. The molecule has 2 rings (SSSR count). The Balaban J connectivity index is 2.20. The van der Waals surface area contributed by atoms with Crippen LogP contribution in [0.15, 0.2) is 0 Å². The lowest BCUT2D eigenvalue weighted by Gasteiger charge is -2.24. The fraction of sp³-hybridized carbons (Fsp3) is 0.750. The molecule has 1 saturated heterocycles. The average Bonchev–Trinajstić information content (AvgIpc) is 2.81. The maximum atomic E-state index is 5.76. The van der Waals surface area contributed by atoms with E-state index in [4.69, 9.17) is 10.5 Å². The van der Waals surface area contributed by atoms with Gasteiger partial charge in [0, 0.05) is 13.1 Å². The zero-order valence-corrected chi connectivity index (χ0v) is 11.3. The summed E-state index contributed by atoms with van der Waals surface area (Å²) in [7, 11) is 0. The number of aromatic nitrogens is 3. The van der Waals surface area contributed by atoms with Crippen LogP contribution in [0.2, 0.25) is 0 Å². The van der Waals surface area contributed by atoms with Crippen LogP contribution in [0.4, 0.5) is 11.9 Å². The summed E-state index contributed by atoms with van der Waals surface area (Å²) >= 11 is 0. The monoisotopic (exact) mass is 251 g/mol. The quantitative estimate of drug-likeness (QED) is 0.876. The highest BCUT2D eigenvalue weighted by atomic mass is 16.5. The third-order valence-corrected chi connectivity index (χ3v) is 3.23. The topological polar surface area (TPSA) is 77.2 Å². The van der Waals surface area contributed by atoms with Gasteiger partial charge < -0.3 is 15.4 Å². The molecule has 6 nitrogen and oxygen atoms in total. The number of nitrogens with zero attached hydrogens (tertiary/aromatic N) is 4. The number of nitrogen functional groups attached to an aromatic ring is 1. The molecule has 0 amide bonds. The Morgan fingerprint density at radius 2 is 1.89 bits per heavy atom. The summed E-state index contributed by atoms with van der Waals surface area (Å²) in [4.78, 5) is 14.7. The van der Waals surface area contributed by atoms with Crippen molar-refractivity contribution in [3.63, 3.8) is 0 Å². The number of ether oxygens (including phenoxy) is 1. The predicted octanol–water partition coefficient (Wildman–Crippen LogP) is 1.62. The summed E-state index contributed by atoms with van der Waals surface area (Å²) in [5.41, 5.74) is 5.42. The fourth-order valence-electron chi connectivity index (χ4n) is 1.78. The van der Waals surface area contributed by atoms with Gasteiger partial charge in [0.15, 0.2) is 0 Å². The number of anilines is 2. The van der Waals surface area contributed by atoms with Crippen LogP contribution in [0.5, 0.6) is 6.01 Å². The van der Waals surface area contributed by atoms with Crippen molar-refractivity contribution in [3.05, 3.63) is 0 Å².